The molecule has 0 unspecified atom stereocenters. The molecule has 0 radical (unpaired) electrons. The Kier molecular flexibility index (Phi) is 8.05. The van der Waals surface area contributed by atoms with Crippen LogP contribution < -0.4 is 4.90 Å². The number of aromatic amines is 1. The van der Waals surface area contributed by atoms with E-state index in [2.05, 4.69) is 88.2 Å². The van der Waals surface area contributed by atoms with E-state index in [0.717, 1.165) is 104 Å². The third-order valence-corrected chi connectivity index (χ3v) is 8.57. The molecule has 2 aliphatic heterocycles. The maximum atomic E-state index is 13.2. The number of nitrogens with zero attached hydrogens (tertiary/aromatic N) is 6. The second kappa shape index (κ2) is 12.0. The number of anilines is 1. The first-order valence-corrected chi connectivity index (χ1v) is 14.7. The van der Waals surface area contributed by atoms with Crippen molar-refractivity contribution in [3.05, 3.63) is 72.6 Å². The van der Waals surface area contributed by atoms with Crippen molar-refractivity contribution in [1.82, 2.24) is 29.6 Å². The first-order valence-electron chi connectivity index (χ1n) is 14.7. The summed E-state index contributed by atoms with van der Waals surface area (Å²) in [6.07, 6.45) is 3.96. The van der Waals surface area contributed by atoms with Gasteiger partial charge in [-0.05, 0) is 62.6 Å². The van der Waals surface area contributed by atoms with Gasteiger partial charge in [-0.3, -0.25) is 9.69 Å². The van der Waals surface area contributed by atoms with Crippen molar-refractivity contribution in [2.24, 2.45) is 0 Å². The molecule has 4 heterocycles. The lowest BCUT2D eigenvalue weighted by Crippen LogP contribution is -2.49. The number of rotatable bonds is 7. The van der Waals surface area contributed by atoms with Gasteiger partial charge in [-0.15, -0.1) is 0 Å². The van der Waals surface area contributed by atoms with Crippen LogP contribution in [0.3, 0.4) is 0 Å². The average molecular weight is 552 g/mol. The number of amides is 1. The molecule has 41 heavy (non-hydrogen) atoms. The molecule has 214 valence electrons. The van der Waals surface area contributed by atoms with Crippen molar-refractivity contribution in [3.63, 3.8) is 0 Å². The molecule has 2 aromatic carbocycles. The second-order valence-corrected chi connectivity index (χ2v) is 11.7. The van der Waals surface area contributed by atoms with E-state index < -0.39 is 0 Å². The molecule has 2 fully saturated rings. The minimum absolute atomic E-state index is 0.117. The molecule has 2 aromatic heterocycles. The minimum atomic E-state index is 0.117. The fourth-order valence-electron chi connectivity index (χ4n) is 5.82. The Morgan fingerprint density at radius 2 is 1.54 bits per heavy atom. The molecule has 0 bridgehead atoms. The summed E-state index contributed by atoms with van der Waals surface area (Å²) in [5, 5.41) is 1.08. The molecule has 0 aliphatic carbocycles. The van der Waals surface area contributed by atoms with Gasteiger partial charge in [0.2, 0.25) is 0 Å². The summed E-state index contributed by atoms with van der Waals surface area (Å²) < 4.78 is 0. The van der Waals surface area contributed by atoms with Crippen molar-refractivity contribution in [2.75, 3.05) is 91.5 Å². The number of carbonyl (C=O) groups excluding carboxylic acids is 1. The van der Waals surface area contributed by atoms with Crippen molar-refractivity contribution in [2.45, 2.75) is 0 Å². The van der Waals surface area contributed by atoms with Crippen LogP contribution in [0.25, 0.3) is 33.3 Å². The molecule has 0 saturated carbocycles. The number of piperazine rings is 2. The van der Waals surface area contributed by atoms with Gasteiger partial charge in [-0.1, -0.05) is 24.3 Å². The number of aromatic nitrogens is 2. The number of carbonyl (C=O) groups is 1. The number of benzene rings is 2. The maximum Gasteiger partial charge on any atom is 0.253 e. The Balaban J connectivity index is 1.14. The lowest BCUT2D eigenvalue weighted by atomic mass is 10.0. The Labute approximate surface area is 243 Å². The van der Waals surface area contributed by atoms with E-state index in [0.29, 0.717) is 0 Å². The van der Waals surface area contributed by atoms with E-state index in [1.165, 1.54) is 5.69 Å². The molecule has 8 heteroatoms. The summed E-state index contributed by atoms with van der Waals surface area (Å²) in [6, 6.07) is 19.1. The van der Waals surface area contributed by atoms with Crippen molar-refractivity contribution >= 4 is 22.6 Å². The fraction of sp³-hybridized carbons (Fsp3) is 0.394. The van der Waals surface area contributed by atoms with E-state index in [-0.39, 0.29) is 5.91 Å². The van der Waals surface area contributed by atoms with Gasteiger partial charge in [0.25, 0.3) is 5.91 Å². The molecular formula is C33H41N7O. The zero-order valence-corrected chi connectivity index (χ0v) is 24.5. The van der Waals surface area contributed by atoms with Gasteiger partial charge in [0, 0.05) is 106 Å². The topological polar surface area (TPSA) is 62.0 Å². The van der Waals surface area contributed by atoms with Crippen LogP contribution in [0.5, 0.6) is 0 Å². The Morgan fingerprint density at radius 1 is 0.854 bits per heavy atom. The summed E-state index contributed by atoms with van der Waals surface area (Å²) in [7, 11) is 6.38. The molecule has 8 nitrogen and oxygen atoms in total. The van der Waals surface area contributed by atoms with Gasteiger partial charge in [0.1, 0.15) is 5.65 Å². The average Bonchev–Trinajstić information content (AvgIpc) is 3.44. The third kappa shape index (κ3) is 6.15. The molecule has 6 rings (SSSR count). The summed E-state index contributed by atoms with van der Waals surface area (Å²) in [5.41, 5.74) is 7.31. The highest BCUT2D eigenvalue weighted by molar-refractivity contribution is 5.98. The highest BCUT2D eigenvalue weighted by Crippen LogP contribution is 2.32. The molecule has 4 aromatic rings. The van der Waals surface area contributed by atoms with Crippen molar-refractivity contribution in [1.29, 1.82) is 0 Å². The van der Waals surface area contributed by atoms with Crippen LogP contribution in [-0.2, 0) is 0 Å². The normalized spacial score (nSPS) is 17.1. The second-order valence-electron chi connectivity index (χ2n) is 11.7. The van der Waals surface area contributed by atoms with Crippen LogP contribution in [0.15, 0.2) is 67.0 Å². The van der Waals surface area contributed by atoms with E-state index in [9.17, 15) is 4.79 Å². The highest BCUT2D eigenvalue weighted by atomic mass is 16.2. The smallest absolute Gasteiger partial charge is 0.253 e. The summed E-state index contributed by atoms with van der Waals surface area (Å²) in [6.45, 7) is 9.84. The van der Waals surface area contributed by atoms with Crippen LogP contribution in [-0.4, -0.2) is 122 Å². The van der Waals surface area contributed by atoms with Crippen molar-refractivity contribution in [3.8, 4) is 22.3 Å². The summed E-state index contributed by atoms with van der Waals surface area (Å²) in [4.78, 5) is 32.7. The first kappa shape index (κ1) is 27.4. The van der Waals surface area contributed by atoms with Crippen LogP contribution >= 0.6 is 0 Å². The van der Waals surface area contributed by atoms with E-state index >= 15 is 0 Å². The van der Waals surface area contributed by atoms with Crippen LogP contribution in [0.4, 0.5) is 5.69 Å². The van der Waals surface area contributed by atoms with Gasteiger partial charge < -0.3 is 24.6 Å². The highest BCUT2D eigenvalue weighted by Gasteiger charge is 2.22. The number of likely N-dealkylation sites (N-methyl/N-ethyl adjacent to an activating group) is 2. The van der Waals surface area contributed by atoms with Gasteiger partial charge in [0.05, 0.1) is 0 Å². The largest absolute Gasteiger partial charge is 0.369 e. The minimum Gasteiger partial charge on any atom is -0.369 e. The standard InChI is InChI=1S/C33H41N7O/c1-36(2)12-15-38-16-20-40(21-17-38)33(41)27-6-4-26(5-7-27)31-24-35-32-30(31)22-28(23-34-32)25-8-10-29(11-9-25)39-18-13-37(3)14-19-39/h4-11,22-24H,12-21H2,1-3H3,(H,34,35). The molecular weight excluding hydrogens is 510 g/mol. The third-order valence-electron chi connectivity index (χ3n) is 8.57. The van der Waals surface area contributed by atoms with Gasteiger partial charge in [0.15, 0.2) is 0 Å². The van der Waals surface area contributed by atoms with Crippen molar-refractivity contribution < 1.29 is 4.79 Å². The zero-order chi connectivity index (χ0) is 28.3. The van der Waals surface area contributed by atoms with E-state index in [1.54, 1.807) is 0 Å². The monoisotopic (exact) mass is 551 g/mol. The first-order chi connectivity index (χ1) is 19.9. The Morgan fingerprint density at radius 3 is 2.22 bits per heavy atom. The van der Waals surface area contributed by atoms with Crippen LogP contribution in [0.1, 0.15) is 10.4 Å². The van der Waals surface area contributed by atoms with Gasteiger partial charge >= 0.3 is 0 Å². The number of nitrogens with one attached hydrogen (secondary N) is 1. The maximum absolute atomic E-state index is 13.2. The molecule has 1 amide bonds. The lowest BCUT2D eigenvalue weighted by Gasteiger charge is -2.35. The zero-order valence-electron chi connectivity index (χ0n) is 24.5. The molecule has 0 atom stereocenters. The number of H-pyrrole nitrogens is 1. The predicted octanol–water partition coefficient (Wildman–Crippen LogP) is 3.97. The van der Waals surface area contributed by atoms with Gasteiger partial charge in [-0.25, -0.2) is 4.98 Å². The van der Waals surface area contributed by atoms with Gasteiger partial charge in [-0.2, -0.15) is 0 Å². The Bertz CT molecular complexity index is 1460. The lowest BCUT2D eigenvalue weighted by molar-refractivity contribution is 0.0630. The SMILES string of the molecule is CN(C)CCN1CCN(C(=O)c2ccc(-c3c[nH]c4ncc(-c5ccc(N6CCN(C)CC6)cc5)cc34)cc2)CC1. The van der Waals surface area contributed by atoms with Crippen LogP contribution in [0, 0.1) is 0 Å². The predicted molar refractivity (Wildman–Crippen MR) is 168 cm³/mol. The molecule has 1 N–H and O–H groups in total. The Hall–Kier alpha value is -3.72. The fourth-order valence-corrected chi connectivity index (χ4v) is 5.82. The number of pyridine rings is 1. The number of hydrogen-bond donors (Lipinski definition) is 1. The van der Waals surface area contributed by atoms with Crippen LogP contribution in [0.2, 0.25) is 0 Å². The quantitative estimate of drug-likeness (QED) is 0.375. The van der Waals surface area contributed by atoms with E-state index in [4.69, 9.17) is 4.98 Å². The molecule has 2 aliphatic rings. The molecule has 2 saturated heterocycles. The number of fused-ring (bicyclic) bond motifs is 1. The molecule has 0 spiro atoms. The summed E-state index contributed by atoms with van der Waals surface area (Å²) >= 11 is 0. The summed E-state index contributed by atoms with van der Waals surface area (Å²) in [5.74, 6) is 0.117. The van der Waals surface area contributed by atoms with E-state index in [1.807, 2.05) is 29.4 Å². The number of hydrogen-bond acceptors (Lipinski definition) is 6.